The fraction of sp³-hybridized carbons (Fsp3) is 0.538. The summed E-state index contributed by atoms with van der Waals surface area (Å²) in [6.45, 7) is 5.80. The standard InChI is InChI=1S/C13H19NO2/c1-2-14(7-8-15)9-11-10-16-13-6-4-3-5-12(11)13/h3-6,11,15H,2,7-10H2,1H3. The van der Waals surface area contributed by atoms with Crippen LogP contribution in [0.2, 0.25) is 0 Å². The Morgan fingerprint density at radius 1 is 1.44 bits per heavy atom. The Balaban J connectivity index is 2.02. The first kappa shape index (κ1) is 11.4. The summed E-state index contributed by atoms with van der Waals surface area (Å²) in [5.41, 5.74) is 1.30. The fourth-order valence-corrected chi connectivity index (χ4v) is 2.21. The molecule has 1 aliphatic heterocycles. The molecule has 0 saturated heterocycles. The molecule has 0 saturated carbocycles. The minimum atomic E-state index is 0.225. The third-order valence-corrected chi connectivity index (χ3v) is 3.14. The smallest absolute Gasteiger partial charge is 0.122 e. The van der Waals surface area contributed by atoms with E-state index in [1.165, 1.54) is 5.56 Å². The lowest BCUT2D eigenvalue weighted by molar-refractivity contribution is 0.186. The summed E-state index contributed by atoms with van der Waals surface area (Å²) >= 11 is 0. The van der Waals surface area contributed by atoms with E-state index in [0.717, 1.165) is 32.0 Å². The SMILES string of the molecule is CCN(CCO)CC1COc2ccccc21. The molecule has 1 aromatic rings. The van der Waals surface area contributed by atoms with E-state index in [9.17, 15) is 0 Å². The van der Waals surface area contributed by atoms with Gasteiger partial charge in [-0.15, -0.1) is 0 Å². The third kappa shape index (κ3) is 2.36. The van der Waals surface area contributed by atoms with Crippen molar-refractivity contribution in [3.63, 3.8) is 0 Å². The molecule has 0 bridgehead atoms. The van der Waals surface area contributed by atoms with Crippen molar-refractivity contribution >= 4 is 0 Å². The lowest BCUT2D eigenvalue weighted by Gasteiger charge is -2.22. The molecule has 3 nitrogen and oxygen atoms in total. The summed E-state index contributed by atoms with van der Waals surface area (Å²) < 4.78 is 5.65. The topological polar surface area (TPSA) is 32.7 Å². The van der Waals surface area contributed by atoms with E-state index in [4.69, 9.17) is 9.84 Å². The van der Waals surface area contributed by atoms with Gasteiger partial charge in [0.15, 0.2) is 0 Å². The molecule has 1 aliphatic rings. The Bertz CT molecular complexity index is 340. The highest BCUT2D eigenvalue weighted by atomic mass is 16.5. The van der Waals surface area contributed by atoms with Crippen molar-refractivity contribution in [2.24, 2.45) is 0 Å². The van der Waals surface area contributed by atoms with Crippen LogP contribution in [0.1, 0.15) is 18.4 Å². The first-order chi connectivity index (χ1) is 7.85. The first-order valence-corrected chi connectivity index (χ1v) is 5.90. The molecule has 0 amide bonds. The van der Waals surface area contributed by atoms with Crippen molar-refractivity contribution < 1.29 is 9.84 Å². The van der Waals surface area contributed by atoms with Crippen LogP contribution in [-0.4, -0.2) is 42.9 Å². The normalized spacial score (nSPS) is 18.6. The van der Waals surface area contributed by atoms with E-state index < -0.39 is 0 Å². The number of nitrogens with zero attached hydrogens (tertiary/aromatic N) is 1. The lowest BCUT2D eigenvalue weighted by Crippen LogP contribution is -2.31. The molecule has 88 valence electrons. The number of hydrogen-bond donors (Lipinski definition) is 1. The van der Waals surface area contributed by atoms with Crippen LogP contribution in [0, 0.1) is 0 Å². The van der Waals surface area contributed by atoms with Gasteiger partial charge < -0.3 is 14.7 Å². The Labute approximate surface area is 96.6 Å². The van der Waals surface area contributed by atoms with Crippen LogP contribution in [0.15, 0.2) is 24.3 Å². The van der Waals surface area contributed by atoms with Crippen LogP contribution in [-0.2, 0) is 0 Å². The van der Waals surface area contributed by atoms with E-state index in [1.807, 2.05) is 12.1 Å². The summed E-state index contributed by atoms with van der Waals surface area (Å²) in [6, 6.07) is 8.23. The van der Waals surface area contributed by atoms with Crippen LogP contribution in [0.25, 0.3) is 0 Å². The number of ether oxygens (including phenoxy) is 1. The van der Waals surface area contributed by atoms with Gasteiger partial charge in [-0.2, -0.15) is 0 Å². The second kappa shape index (κ2) is 5.32. The molecule has 1 unspecified atom stereocenters. The zero-order valence-electron chi connectivity index (χ0n) is 9.72. The number of aliphatic hydroxyl groups excluding tert-OH is 1. The molecule has 1 aromatic carbocycles. The quantitative estimate of drug-likeness (QED) is 0.817. The van der Waals surface area contributed by atoms with Gasteiger partial charge in [0.25, 0.3) is 0 Å². The highest BCUT2D eigenvalue weighted by Gasteiger charge is 2.24. The monoisotopic (exact) mass is 221 g/mol. The highest BCUT2D eigenvalue weighted by molar-refractivity contribution is 5.39. The second-order valence-corrected chi connectivity index (χ2v) is 4.16. The maximum atomic E-state index is 8.96. The molecular weight excluding hydrogens is 202 g/mol. The van der Waals surface area contributed by atoms with E-state index in [0.29, 0.717) is 5.92 Å². The largest absolute Gasteiger partial charge is 0.493 e. The predicted molar refractivity (Wildman–Crippen MR) is 63.9 cm³/mol. The number of hydrogen-bond acceptors (Lipinski definition) is 3. The Morgan fingerprint density at radius 2 is 2.25 bits per heavy atom. The van der Waals surface area contributed by atoms with Gasteiger partial charge in [0.2, 0.25) is 0 Å². The fourth-order valence-electron chi connectivity index (χ4n) is 2.21. The average Bonchev–Trinajstić information content (AvgIpc) is 2.72. The number of fused-ring (bicyclic) bond motifs is 1. The maximum Gasteiger partial charge on any atom is 0.122 e. The van der Waals surface area contributed by atoms with Gasteiger partial charge in [0, 0.05) is 24.6 Å². The highest BCUT2D eigenvalue weighted by Crippen LogP contribution is 2.33. The summed E-state index contributed by atoms with van der Waals surface area (Å²) in [6.07, 6.45) is 0. The van der Waals surface area contributed by atoms with Gasteiger partial charge in [-0.25, -0.2) is 0 Å². The van der Waals surface area contributed by atoms with Crippen LogP contribution in [0.5, 0.6) is 5.75 Å². The van der Waals surface area contributed by atoms with Gasteiger partial charge in [-0.3, -0.25) is 0 Å². The summed E-state index contributed by atoms with van der Waals surface area (Å²) in [7, 11) is 0. The molecule has 0 spiro atoms. The van der Waals surface area contributed by atoms with E-state index >= 15 is 0 Å². The van der Waals surface area contributed by atoms with E-state index in [-0.39, 0.29) is 6.61 Å². The number of benzene rings is 1. The van der Waals surface area contributed by atoms with Gasteiger partial charge in [0.05, 0.1) is 13.2 Å². The zero-order valence-corrected chi connectivity index (χ0v) is 9.72. The number of likely N-dealkylation sites (N-methyl/N-ethyl adjacent to an activating group) is 1. The van der Waals surface area contributed by atoms with E-state index in [2.05, 4.69) is 24.0 Å². The maximum absolute atomic E-state index is 8.96. The van der Waals surface area contributed by atoms with Crippen molar-refractivity contribution in [1.82, 2.24) is 4.90 Å². The molecule has 0 aliphatic carbocycles. The predicted octanol–water partition coefficient (Wildman–Crippen LogP) is 1.48. The summed E-state index contributed by atoms with van der Waals surface area (Å²) in [4.78, 5) is 2.26. The molecule has 0 radical (unpaired) electrons. The second-order valence-electron chi connectivity index (χ2n) is 4.16. The molecule has 1 N–H and O–H groups in total. The van der Waals surface area contributed by atoms with Gasteiger partial charge in [-0.1, -0.05) is 25.1 Å². The minimum absolute atomic E-state index is 0.225. The van der Waals surface area contributed by atoms with E-state index in [1.54, 1.807) is 0 Å². The molecule has 1 atom stereocenters. The number of rotatable bonds is 5. The molecule has 3 heteroatoms. The van der Waals surface area contributed by atoms with Crippen molar-refractivity contribution in [3.8, 4) is 5.75 Å². The zero-order chi connectivity index (χ0) is 11.4. The summed E-state index contributed by atoms with van der Waals surface area (Å²) in [5, 5.41) is 8.96. The first-order valence-electron chi connectivity index (χ1n) is 5.90. The molecule has 0 fully saturated rings. The Hall–Kier alpha value is -1.06. The van der Waals surface area contributed by atoms with Gasteiger partial charge in [-0.05, 0) is 12.6 Å². The Kier molecular flexibility index (Phi) is 3.80. The van der Waals surface area contributed by atoms with Crippen LogP contribution in [0.3, 0.4) is 0 Å². The molecule has 2 rings (SSSR count). The van der Waals surface area contributed by atoms with Crippen LogP contribution < -0.4 is 4.74 Å². The third-order valence-electron chi connectivity index (χ3n) is 3.14. The van der Waals surface area contributed by atoms with Crippen molar-refractivity contribution in [1.29, 1.82) is 0 Å². The van der Waals surface area contributed by atoms with Crippen molar-refractivity contribution in [3.05, 3.63) is 29.8 Å². The molecule has 1 heterocycles. The van der Waals surface area contributed by atoms with Crippen molar-refractivity contribution in [2.75, 3.05) is 32.8 Å². The number of para-hydroxylation sites is 1. The summed E-state index contributed by atoms with van der Waals surface area (Å²) in [5.74, 6) is 1.47. The van der Waals surface area contributed by atoms with Crippen LogP contribution in [0.4, 0.5) is 0 Å². The minimum Gasteiger partial charge on any atom is -0.493 e. The molecule has 0 aromatic heterocycles. The van der Waals surface area contributed by atoms with Crippen LogP contribution >= 0.6 is 0 Å². The Morgan fingerprint density at radius 3 is 3.00 bits per heavy atom. The van der Waals surface area contributed by atoms with Gasteiger partial charge >= 0.3 is 0 Å². The number of aliphatic hydroxyl groups is 1. The average molecular weight is 221 g/mol. The molecule has 16 heavy (non-hydrogen) atoms. The molecular formula is C13H19NO2. The van der Waals surface area contributed by atoms with Gasteiger partial charge in [0.1, 0.15) is 5.75 Å². The lowest BCUT2D eigenvalue weighted by atomic mass is 10.0. The van der Waals surface area contributed by atoms with Crippen molar-refractivity contribution in [2.45, 2.75) is 12.8 Å².